The first-order valence-electron chi connectivity index (χ1n) is 11.6. The van der Waals surface area contributed by atoms with Crippen molar-refractivity contribution in [1.29, 1.82) is 0 Å². The fourth-order valence-electron chi connectivity index (χ4n) is 4.51. The first-order valence-corrected chi connectivity index (χ1v) is 11.6. The average molecular weight is 527 g/mol. The van der Waals surface area contributed by atoms with E-state index in [-0.39, 0.29) is 29.9 Å². The van der Waals surface area contributed by atoms with E-state index < -0.39 is 29.9 Å². The second kappa shape index (κ2) is 10.8. The second-order valence-corrected chi connectivity index (χ2v) is 9.18. The molecule has 9 heteroatoms. The van der Waals surface area contributed by atoms with Crippen LogP contribution in [-0.2, 0) is 31.7 Å². The molecule has 0 fully saturated rings. The van der Waals surface area contributed by atoms with Crippen molar-refractivity contribution in [3.8, 4) is 11.1 Å². The van der Waals surface area contributed by atoms with Crippen LogP contribution >= 0.6 is 0 Å². The van der Waals surface area contributed by atoms with Crippen LogP contribution < -0.4 is 0 Å². The third kappa shape index (κ3) is 6.34. The Bertz CT molecular complexity index is 1250. The van der Waals surface area contributed by atoms with Gasteiger partial charge in [-0.1, -0.05) is 54.6 Å². The molecular formula is C28H28F6O3. The number of alkyl halides is 6. The SMILES string of the molecule is Cc1ccc(-c2cccc(CCc3ccc(CO)c(CO)c3)c2)c(C(F)(CC(F)(F)F)C(O)(F)F)c1C. The minimum Gasteiger partial charge on any atom is -0.392 e. The van der Waals surface area contributed by atoms with Gasteiger partial charge in [0.05, 0.1) is 19.6 Å². The molecule has 3 aromatic rings. The topological polar surface area (TPSA) is 60.7 Å². The van der Waals surface area contributed by atoms with Crippen LogP contribution in [-0.4, -0.2) is 27.6 Å². The normalized spacial score (nSPS) is 14.0. The summed E-state index contributed by atoms with van der Waals surface area (Å²) in [6.45, 7) is 2.26. The van der Waals surface area contributed by atoms with E-state index in [0.29, 0.717) is 29.5 Å². The highest BCUT2D eigenvalue weighted by atomic mass is 19.4. The molecule has 3 N–H and O–H groups in total. The summed E-state index contributed by atoms with van der Waals surface area (Å²) in [4.78, 5) is 0. The monoisotopic (exact) mass is 526 g/mol. The maximum Gasteiger partial charge on any atom is 0.392 e. The quantitative estimate of drug-likeness (QED) is 0.281. The van der Waals surface area contributed by atoms with Crippen LogP contribution in [0.4, 0.5) is 26.3 Å². The zero-order valence-electron chi connectivity index (χ0n) is 20.3. The van der Waals surface area contributed by atoms with Crippen LogP contribution in [0.15, 0.2) is 54.6 Å². The van der Waals surface area contributed by atoms with E-state index >= 15 is 4.39 Å². The lowest BCUT2D eigenvalue weighted by molar-refractivity contribution is -0.312. The number of benzene rings is 3. The van der Waals surface area contributed by atoms with Crippen LogP contribution in [0, 0.1) is 13.8 Å². The molecule has 0 aromatic heterocycles. The Morgan fingerprint density at radius 2 is 1.35 bits per heavy atom. The Balaban J connectivity index is 2.04. The predicted molar refractivity (Wildman–Crippen MR) is 128 cm³/mol. The maximum absolute atomic E-state index is 15.8. The lowest BCUT2D eigenvalue weighted by atomic mass is 9.80. The number of aryl methyl sites for hydroxylation is 3. The molecule has 1 atom stereocenters. The third-order valence-electron chi connectivity index (χ3n) is 6.60. The molecule has 3 nitrogen and oxygen atoms in total. The maximum atomic E-state index is 15.8. The number of hydrogen-bond acceptors (Lipinski definition) is 3. The molecule has 0 saturated carbocycles. The van der Waals surface area contributed by atoms with Gasteiger partial charge < -0.3 is 15.3 Å². The first-order chi connectivity index (χ1) is 17.2. The van der Waals surface area contributed by atoms with Crippen molar-refractivity contribution in [3.63, 3.8) is 0 Å². The zero-order chi connectivity index (χ0) is 27.6. The summed E-state index contributed by atoms with van der Waals surface area (Å²) >= 11 is 0. The molecule has 1 unspecified atom stereocenters. The van der Waals surface area contributed by atoms with Gasteiger partial charge in [0, 0.05) is 5.56 Å². The molecule has 3 aromatic carbocycles. The highest BCUT2D eigenvalue weighted by Crippen LogP contribution is 2.51. The van der Waals surface area contributed by atoms with Gasteiger partial charge in [-0.25, -0.2) is 4.39 Å². The van der Waals surface area contributed by atoms with Crippen molar-refractivity contribution in [3.05, 3.63) is 93.5 Å². The van der Waals surface area contributed by atoms with Crippen molar-refractivity contribution < 1.29 is 41.7 Å². The Labute approximate surface area is 211 Å². The van der Waals surface area contributed by atoms with E-state index in [4.69, 9.17) is 0 Å². The van der Waals surface area contributed by atoms with Crippen molar-refractivity contribution in [2.75, 3.05) is 0 Å². The molecule has 0 saturated heterocycles. The molecular weight excluding hydrogens is 498 g/mol. The zero-order valence-corrected chi connectivity index (χ0v) is 20.3. The van der Waals surface area contributed by atoms with Crippen molar-refractivity contribution in [2.24, 2.45) is 0 Å². The molecule has 3 rings (SSSR count). The highest BCUT2D eigenvalue weighted by Gasteiger charge is 2.61. The summed E-state index contributed by atoms with van der Waals surface area (Å²) < 4.78 is 83.8. The van der Waals surface area contributed by atoms with E-state index in [1.54, 1.807) is 36.4 Å². The second-order valence-electron chi connectivity index (χ2n) is 9.18. The Morgan fingerprint density at radius 1 is 0.730 bits per heavy atom. The lowest BCUT2D eigenvalue weighted by Crippen LogP contribution is -2.45. The molecule has 0 aliphatic carbocycles. The van der Waals surface area contributed by atoms with Crippen molar-refractivity contribution >= 4 is 0 Å². The molecule has 0 aliphatic heterocycles. The summed E-state index contributed by atoms with van der Waals surface area (Å²) in [6.07, 6.45) is -12.2. The molecule has 0 spiro atoms. The number of rotatable bonds is 9. The van der Waals surface area contributed by atoms with Crippen molar-refractivity contribution in [2.45, 2.75) is 64.3 Å². The summed E-state index contributed by atoms with van der Waals surface area (Å²) in [5.74, 6) is 0. The number of aliphatic hydroxyl groups is 3. The van der Waals surface area contributed by atoms with Gasteiger partial charge >= 0.3 is 12.3 Å². The van der Waals surface area contributed by atoms with E-state index in [0.717, 1.165) is 11.1 Å². The van der Waals surface area contributed by atoms with Gasteiger partial charge in [0.25, 0.3) is 0 Å². The van der Waals surface area contributed by atoms with E-state index in [2.05, 4.69) is 0 Å². The van der Waals surface area contributed by atoms with Gasteiger partial charge in [-0.3, -0.25) is 0 Å². The summed E-state index contributed by atoms with van der Waals surface area (Å²) in [5.41, 5.74) is -2.27. The molecule has 0 amide bonds. The molecule has 0 heterocycles. The summed E-state index contributed by atoms with van der Waals surface area (Å²) in [7, 11) is 0. The van der Waals surface area contributed by atoms with E-state index in [9.17, 15) is 37.3 Å². The van der Waals surface area contributed by atoms with Crippen LogP contribution in [0.2, 0.25) is 0 Å². The fraction of sp³-hybridized carbons (Fsp3) is 0.357. The Kier molecular flexibility index (Phi) is 8.41. The van der Waals surface area contributed by atoms with Gasteiger partial charge in [0.1, 0.15) is 0 Å². The molecule has 0 aliphatic rings. The van der Waals surface area contributed by atoms with E-state index in [1.165, 1.54) is 32.0 Å². The third-order valence-corrected chi connectivity index (χ3v) is 6.60. The number of halogens is 6. The predicted octanol–water partition coefficient (Wildman–Crippen LogP) is 6.44. The number of hydrogen-bond donors (Lipinski definition) is 3. The van der Waals surface area contributed by atoms with Crippen LogP contribution in [0.25, 0.3) is 11.1 Å². The minimum atomic E-state index is -5.31. The van der Waals surface area contributed by atoms with Gasteiger partial charge in [0.15, 0.2) is 0 Å². The van der Waals surface area contributed by atoms with Crippen LogP contribution in [0.1, 0.15) is 45.4 Å². The highest BCUT2D eigenvalue weighted by molar-refractivity contribution is 5.72. The summed E-state index contributed by atoms with van der Waals surface area (Å²) in [5, 5.41) is 28.2. The number of aliphatic hydroxyl groups excluding tert-OH is 2. The van der Waals surface area contributed by atoms with E-state index in [1.807, 2.05) is 0 Å². The molecule has 200 valence electrons. The Morgan fingerprint density at radius 3 is 1.92 bits per heavy atom. The standard InChI is InChI=1S/C28H28F6O3/c1-17-6-11-24(25(18(17)2)26(29,28(33,34)37)16-27(30,31)32)21-5-3-4-19(12-21)7-8-20-9-10-22(14-35)23(13-20)15-36/h3-6,9-13,35-37H,7-8,14-16H2,1-2H3. The van der Waals surface area contributed by atoms with Gasteiger partial charge in [0.2, 0.25) is 5.67 Å². The van der Waals surface area contributed by atoms with Crippen LogP contribution in [0.5, 0.6) is 0 Å². The van der Waals surface area contributed by atoms with Crippen molar-refractivity contribution in [1.82, 2.24) is 0 Å². The first kappa shape index (κ1) is 28.7. The van der Waals surface area contributed by atoms with Gasteiger partial charge in [-0.15, -0.1) is 0 Å². The average Bonchev–Trinajstić information content (AvgIpc) is 2.82. The lowest BCUT2D eigenvalue weighted by Gasteiger charge is -2.34. The fourth-order valence-corrected chi connectivity index (χ4v) is 4.51. The summed E-state index contributed by atoms with van der Waals surface area (Å²) in [6, 6.07) is 14.5. The smallest absolute Gasteiger partial charge is 0.392 e. The van der Waals surface area contributed by atoms with Gasteiger partial charge in [-0.2, -0.15) is 22.0 Å². The van der Waals surface area contributed by atoms with Gasteiger partial charge in [-0.05, 0) is 71.2 Å². The molecule has 37 heavy (non-hydrogen) atoms. The molecule has 0 bridgehead atoms. The van der Waals surface area contributed by atoms with Crippen LogP contribution in [0.3, 0.4) is 0 Å². The minimum absolute atomic E-state index is 0.108. The Hall–Kier alpha value is -2.88. The molecule has 0 radical (unpaired) electrons. The largest absolute Gasteiger partial charge is 0.392 e.